The topological polar surface area (TPSA) is 88.4 Å². The zero-order valence-corrected chi connectivity index (χ0v) is 23.0. The van der Waals surface area contributed by atoms with Gasteiger partial charge in [-0.25, -0.2) is 13.8 Å². The molecule has 1 fully saturated rings. The molecule has 1 aliphatic heterocycles. The van der Waals surface area contributed by atoms with Crippen LogP contribution in [-0.2, 0) is 9.53 Å². The van der Waals surface area contributed by atoms with E-state index in [0.717, 1.165) is 24.3 Å². The second kappa shape index (κ2) is 13.8. The number of morpholine rings is 1. The zero-order valence-electron chi connectivity index (χ0n) is 23.0. The molecule has 0 atom stereocenters. The highest BCUT2D eigenvalue weighted by Gasteiger charge is 2.26. The first kappa shape index (κ1) is 30.6. The van der Waals surface area contributed by atoms with Gasteiger partial charge >= 0.3 is 0 Å². The summed E-state index contributed by atoms with van der Waals surface area (Å²) in [6.07, 6.45) is 5.59. The quantitative estimate of drug-likeness (QED) is 0.237. The van der Waals surface area contributed by atoms with Gasteiger partial charge in [-0.1, -0.05) is 6.08 Å². The maximum Gasteiger partial charge on any atom is 0.273 e. The first-order chi connectivity index (χ1) is 17.9. The van der Waals surface area contributed by atoms with E-state index in [1.165, 1.54) is 13.0 Å². The number of carbonyl (C=O) groups excluding carboxylic acids is 1. The number of allylic oxidation sites excluding steroid dienone is 7. The van der Waals surface area contributed by atoms with Crippen LogP contribution in [0.3, 0.4) is 0 Å². The lowest BCUT2D eigenvalue weighted by Gasteiger charge is -2.30. The SMILES string of the molecule is C=N/C(=C\C(=C/C)C(C)(F)F)C(=O)N/C(C)=C/C(=C(/C)N=C)c1cnc(OC(C)C)c(N2CCOCC2)c1. The van der Waals surface area contributed by atoms with Crippen LogP contribution in [0, 0.1) is 0 Å². The summed E-state index contributed by atoms with van der Waals surface area (Å²) in [6, 6.07) is 1.96. The Kier molecular flexibility index (Phi) is 11.1. The Balaban J connectivity index is 2.46. The largest absolute Gasteiger partial charge is 0.473 e. The Morgan fingerprint density at radius 1 is 1.24 bits per heavy atom. The number of hydrogen-bond acceptors (Lipinski definition) is 7. The van der Waals surface area contributed by atoms with Crippen molar-refractivity contribution in [2.24, 2.45) is 9.98 Å². The van der Waals surface area contributed by atoms with Crippen molar-refractivity contribution < 1.29 is 23.0 Å². The van der Waals surface area contributed by atoms with E-state index in [4.69, 9.17) is 9.47 Å². The molecule has 2 rings (SSSR count). The van der Waals surface area contributed by atoms with Crippen molar-refractivity contribution in [3.8, 4) is 5.88 Å². The number of rotatable bonds is 11. The lowest BCUT2D eigenvalue weighted by molar-refractivity contribution is -0.116. The summed E-state index contributed by atoms with van der Waals surface area (Å²) in [5, 5.41) is 2.69. The Hall–Kier alpha value is -3.66. The summed E-state index contributed by atoms with van der Waals surface area (Å²) in [6.45, 7) is 19.1. The number of amides is 1. The van der Waals surface area contributed by atoms with Gasteiger partial charge in [0.05, 0.1) is 19.3 Å². The maximum atomic E-state index is 13.8. The van der Waals surface area contributed by atoms with E-state index in [2.05, 4.69) is 38.6 Å². The molecule has 1 N–H and O–H groups in total. The summed E-state index contributed by atoms with van der Waals surface area (Å²) in [5.74, 6) is -3.29. The highest BCUT2D eigenvalue weighted by molar-refractivity contribution is 5.95. The molecule has 10 heteroatoms. The molecular formula is C28H37F2N5O3. The van der Waals surface area contributed by atoms with Gasteiger partial charge in [0.25, 0.3) is 11.8 Å². The third kappa shape index (κ3) is 8.44. The van der Waals surface area contributed by atoms with Gasteiger partial charge in [-0.15, -0.1) is 0 Å². The molecule has 0 saturated carbocycles. The number of nitrogens with one attached hydrogen (secondary N) is 1. The van der Waals surface area contributed by atoms with Crippen molar-refractivity contribution in [3.63, 3.8) is 0 Å². The summed E-state index contributed by atoms with van der Waals surface area (Å²) in [4.78, 5) is 27.3. The fourth-order valence-corrected chi connectivity index (χ4v) is 3.70. The predicted molar refractivity (Wildman–Crippen MR) is 149 cm³/mol. The molecular weight excluding hydrogens is 492 g/mol. The second-order valence-electron chi connectivity index (χ2n) is 9.07. The summed E-state index contributed by atoms with van der Waals surface area (Å²) in [7, 11) is 0. The van der Waals surface area contributed by atoms with Gasteiger partial charge in [0.2, 0.25) is 5.88 Å². The first-order valence-corrected chi connectivity index (χ1v) is 12.3. The molecule has 1 aromatic rings. The van der Waals surface area contributed by atoms with Gasteiger partial charge in [-0.05, 0) is 66.3 Å². The van der Waals surface area contributed by atoms with Crippen LogP contribution in [0.2, 0.25) is 0 Å². The normalized spacial score (nSPS) is 16.2. The van der Waals surface area contributed by atoms with Gasteiger partial charge < -0.3 is 19.7 Å². The molecule has 0 bridgehead atoms. The molecule has 1 saturated heterocycles. The van der Waals surface area contributed by atoms with E-state index in [1.807, 2.05) is 19.9 Å². The number of pyridine rings is 1. The maximum absolute atomic E-state index is 13.8. The number of anilines is 1. The minimum absolute atomic E-state index is 0.0615. The van der Waals surface area contributed by atoms with Crippen molar-refractivity contribution in [1.29, 1.82) is 0 Å². The van der Waals surface area contributed by atoms with Gasteiger partial charge in [0.1, 0.15) is 11.4 Å². The predicted octanol–water partition coefficient (Wildman–Crippen LogP) is 5.34. The smallest absolute Gasteiger partial charge is 0.273 e. The summed E-state index contributed by atoms with van der Waals surface area (Å²) >= 11 is 0. The van der Waals surface area contributed by atoms with Gasteiger partial charge in [-0.3, -0.25) is 14.8 Å². The molecule has 38 heavy (non-hydrogen) atoms. The van der Waals surface area contributed by atoms with E-state index in [-0.39, 0.29) is 17.4 Å². The minimum atomic E-state index is -3.13. The fraction of sp³-hybridized carbons (Fsp3) is 0.429. The van der Waals surface area contributed by atoms with Crippen LogP contribution in [-0.4, -0.2) is 62.7 Å². The van der Waals surface area contributed by atoms with E-state index < -0.39 is 11.8 Å². The van der Waals surface area contributed by atoms with E-state index in [1.54, 1.807) is 26.1 Å². The summed E-state index contributed by atoms with van der Waals surface area (Å²) < 4.78 is 39.0. The first-order valence-electron chi connectivity index (χ1n) is 12.3. The third-order valence-corrected chi connectivity index (χ3v) is 5.65. The number of ether oxygens (including phenoxy) is 2. The van der Waals surface area contributed by atoms with Gasteiger partial charge in [-0.2, -0.15) is 0 Å². The molecule has 8 nitrogen and oxygen atoms in total. The molecule has 0 unspecified atom stereocenters. The van der Waals surface area contributed by atoms with E-state index >= 15 is 0 Å². The van der Waals surface area contributed by atoms with Crippen LogP contribution in [0.4, 0.5) is 14.5 Å². The van der Waals surface area contributed by atoms with E-state index in [0.29, 0.717) is 49.2 Å². The highest BCUT2D eigenvalue weighted by Crippen LogP contribution is 2.33. The lowest BCUT2D eigenvalue weighted by Crippen LogP contribution is -2.36. The molecule has 0 spiro atoms. The number of hydrogen-bond donors (Lipinski definition) is 1. The molecule has 0 radical (unpaired) electrons. The van der Waals surface area contributed by atoms with Gasteiger partial charge in [0, 0.05) is 54.3 Å². The zero-order chi connectivity index (χ0) is 28.5. The van der Waals surface area contributed by atoms with Crippen LogP contribution in [0.5, 0.6) is 5.88 Å². The molecule has 1 aliphatic rings. The van der Waals surface area contributed by atoms with Crippen molar-refractivity contribution in [2.45, 2.75) is 53.6 Å². The Morgan fingerprint density at radius 2 is 1.89 bits per heavy atom. The molecule has 1 amide bonds. The molecule has 0 aromatic carbocycles. The van der Waals surface area contributed by atoms with Crippen molar-refractivity contribution in [1.82, 2.24) is 10.3 Å². The van der Waals surface area contributed by atoms with Crippen molar-refractivity contribution >= 4 is 30.6 Å². The summed E-state index contributed by atoms with van der Waals surface area (Å²) in [5.41, 5.74) is 2.69. The number of alkyl halides is 2. The van der Waals surface area contributed by atoms with Crippen LogP contribution in [0.25, 0.3) is 5.57 Å². The van der Waals surface area contributed by atoms with Crippen LogP contribution < -0.4 is 15.0 Å². The number of nitrogens with zero attached hydrogens (tertiary/aromatic N) is 4. The van der Waals surface area contributed by atoms with Crippen molar-refractivity contribution in [3.05, 3.63) is 58.7 Å². The fourth-order valence-electron chi connectivity index (χ4n) is 3.70. The molecule has 206 valence electrons. The average molecular weight is 530 g/mol. The monoisotopic (exact) mass is 529 g/mol. The van der Waals surface area contributed by atoms with Crippen LogP contribution >= 0.6 is 0 Å². The Bertz CT molecular complexity index is 1160. The Labute approximate surface area is 223 Å². The number of carbonyl (C=O) groups is 1. The Morgan fingerprint density at radius 3 is 2.42 bits per heavy atom. The molecule has 0 aliphatic carbocycles. The molecule has 1 aromatic heterocycles. The minimum Gasteiger partial charge on any atom is -0.473 e. The number of aromatic nitrogens is 1. The van der Waals surface area contributed by atoms with E-state index in [9.17, 15) is 13.6 Å². The lowest BCUT2D eigenvalue weighted by atomic mass is 10.0. The highest BCUT2D eigenvalue weighted by atomic mass is 19.3. The third-order valence-electron chi connectivity index (χ3n) is 5.65. The number of aliphatic imine (C=N–C) groups is 2. The molecule has 2 heterocycles. The standard InChI is InChI=1S/C28H37F2N5O3/c1-9-22(28(6,29)30)16-24(32-8)26(36)34-19(4)14-23(20(5)31-7)21-15-25(35-10-12-37-13-11-35)27(33-17-21)38-18(2)3/h9,14-18H,7-8,10-13H2,1-6H3,(H,34,36)/b19-14+,22-9+,23-20+,24-16-. The average Bonchev–Trinajstić information content (AvgIpc) is 2.87. The van der Waals surface area contributed by atoms with Crippen LogP contribution in [0.1, 0.15) is 47.1 Å². The second-order valence-corrected chi connectivity index (χ2v) is 9.07. The van der Waals surface area contributed by atoms with Crippen molar-refractivity contribution in [2.75, 3.05) is 31.2 Å². The van der Waals surface area contributed by atoms with Gasteiger partial charge in [0.15, 0.2) is 0 Å². The number of halogens is 2. The van der Waals surface area contributed by atoms with Crippen LogP contribution in [0.15, 0.2) is 63.1 Å².